The van der Waals surface area contributed by atoms with E-state index in [1.807, 2.05) is 0 Å². The van der Waals surface area contributed by atoms with Crippen LogP contribution in [0.5, 0.6) is 0 Å². The van der Waals surface area contributed by atoms with Crippen LogP contribution in [0, 0.1) is 0 Å². The van der Waals surface area contributed by atoms with Gasteiger partial charge in [-0.15, -0.1) is 11.6 Å². The molecule has 2 nitrogen and oxygen atoms in total. The zero-order chi connectivity index (χ0) is 11.3. The lowest BCUT2D eigenvalue weighted by atomic mass is 10.1. The number of likely N-dealkylation sites (tertiary alicyclic amines) is 1. The highest BCUT2D eigenvalue weighted by Gasteiger charge is 2.32. The lowest BCUT2D eigenvalue weighted by molar-refractivity contribution is -0.133. The zero-order valence-corrected chi connectivity index (χ0v) is 10.6. The predicted octanol–water partition coefficient (Wildman–Crippen LogP) is 3.19. The quantitative estimate of drug-likeness (QED) is 0.526. The van der Waals surface area contributed by atoms with Crippen molar-refractivity contribution >= 4 is 17.5 Å². The summed E-state index contributed by atoms with van der Waals surface area (Å²) < 4.78 is 0. The first-order valence-corrected chi connectivity index (χ1v) is 6.61. The molecule has 2 atom stereocenters. The molecule has 3 heteroatoms. The first-order valence-electron chi connectivity index (χ1n) is 6.07. The van der Waals surface area contributed by atoms with Gasteiger partial charge in [0.25, 0.3) is 0 Å². The molecular weight excluding hydrogens is 210 g/mol. The van der Waals surface area contributed by atoms with Crippen molar-refractivity contribution in [2.45, 2.75) is 64.5 Å². The van der Waals surface area contributed by atoms with Crippen molar-refractivity contribution in [3.05, 3.63) is 0 Å². The second-order valence-corrected chi connectivity index (χ2v) is 4.81. The molecule has 0 N–H and O–H groups in total. The third kappa shape index (κ3) is 3.37. The molecule has 88 valence electrons. The van der Waals surface area contributed by atoms with Crippen molar-refractivity contribution in [1.82, 2.24) is 4.90 Å². The number of halogens is 1. The lowest BCUT2D eigenvalue weighted by Gasteiger charge is -2.28. The van der Waals surface area contributed by atoms with E-state index in [1.165, 1.54) is 12.8 Å². The summed E-state index contributed by atoms with van der Waals surface area (Å²) in [5.41, 5.74) is 0. The van der Waals surface area contributed by atoms with Gasteiger partial charge in [0.05, 0.1) is 0 Å². The summed E-state index contributed by atoms with van der Waals surface area (Å²) >= 11 is 5.60. The van der Waals surface area contributed by atoms with E-state index in [0.717, 1.165) is 19.3 Å². The van der Waals surface area contributed by atoms with Crippen LogP contribution in [-0.2, 0) is 4.79 Å². The van der Waals surface area contributed by atoms with Crippen LogP contribution in [0.3, 0.4) is 0 Å². The van der Waals surface area contributed by atoms with Gasteiger partial charge >= 0.3 is 0 Å². The summed E-state index contributed by atoms with van der Waals surface area (Å²) in [6, 6.07) is 0.932. The summed E-state index contributed by atoms with van der Waals surface area (Å²) in [7, 11) is 0. The highest BCUT2D eigenvalue weighted by atomic mass is 35.5. The summed E-state index contributed by atoms with van der Waals surface area (Å²) in [5, 5.41) is 0. The third-order valence-corrected chi connectivity index (χ3v) is 3.59. The average Bonchev–Trinajstić information content (AvgIpc) is 2.59. The molecule has 1 heterocycles. The van der Waals surface area contributed by atoms with E-state index in [4.69, 9.17) is 11.6 Å². The maximum Gasteiger partial charge on any atom is 0.223 e. The third-order valence-electron chi connectivity index (χ3n) is 3.32. The molecule has 2 unspecified atom stereocenters. The fraction of sp³-hybridized carbons (Fsp3) is 0.917. The van der Waals surface area contributed by atoms with Crippen LogP contribution < -0.4 is 0 Å². The van der Waals surface area contributed by atoms with Crippen LogP contribution in [0.15, 0.2) is 0 Å². The van der Waals surface area contributed by atoms with Crippen LogP contribution in [0.25, 0.3) is 0 Å². The maximum absolute atomic E-state index is 12.0. The minimum Gasteiger partial charge on any atom is -0.337 e. The van der Waals surface area contributed by atoms with Gasteiger partial charge in [0.15, 0.2) is 0 Å². The Bertz CT molecular complexity index is 208. The second-order valence-electron chi connectivity index (χ2n) is 4.44. The Morgan fingerprint density at radius 1 is 1.40 bits per heavy atom. The van der Waals surface area contributed by atoms with E-state index in [0.29, 0.717) is 30.3 Å². The van der Waals surface area contributed by atoms with Gasteiger partial charge in [0.2, 0.25) is 5.91 Å². The van der Waals surface area contributed by atoms with Crippen molar-refractivity contribution in [3.63, 3.8) is 0 Å². The Kier molecular flexibility index (Phi) is 5.44. The van der Waals surface area contributed by atoms with Gasteiger partial charge in [-0.2, -0.15) is 0 Å². The van der Waals surface area contributed by atoms with E-state index in [9.17, 15) is 4.79 Å². The Balaban J connectivity index is 2.41. The summed E-state index contributed by atoms with van der Waals surface area (Å²) in [5.74, 6) is 0.997. The van der Waals surface area contributed by atoms with Gasteiger partial charge < -0.3 is 4.90 Å². The number of unbranched alkanes of at least 4 members (excludes halogenated alkanes) is 1. The number of alkyl halides is 1. The summed E-state index contributed by atoms with van der Waals surface area (Å²) in [4.78, 5) is 14.1. The maximum atomic E-state index is 12.0. The van der Waals surface area contributed by atoms with E-state index in [1.54, 1.807) is 0 Å². The molecule has 15 heavy (non-hydrogen) atoms. The molecule has 0 radical (unpaired) electrons. The Hall–Kier alpha value is -0.240. The normalized spacial score (nSPS) is 25.9. The molecule has 1 amide bonds. The van der Waals surface area contributed by atoms with Crippen LogP contribution >= 0.6 is 11.6 Å². The van der Waals surface area contributed by atoms with Gasteiger partial charge in [-0.25, -0.2) is 0 Å². The summed E-state index contributed by atoms with van der Waals surface area (Å²) in [6.45, 7) is 4.33. The molecule has 1 saturated heterocycles. The number of hydrogen-bond donors (Lipinski definition) is 0. The largest absolute Gasteiger partial charge is 0.337 e. The molecule has 0 aromatic carbocycles. The van der Waals surface area contributed by atoms with E-state index < -0.39 is 0 Å². The number of carbonyl (C=O) groups excluding carboxylic acids is 1. The van der Waals surface area contributed by atoms with Crippen molar-refractivity contribution < 1.29 is 4.79 Å². The van der Waals surface area contributed by atoms with Crippen molar-refractivity contribution in [2.24, 2.45) is 0 Å². The molecule has 0 aromatic rings. The molecule has 0 aliphatic carbocycles. The summed E-state index contributed by atoms with van der Waals surface area (Å²) in [6.07, 6.45) is 5.99. The Morgan fingerprint density at radius 2 is 2.13 bits per heavy atom. The zero-order valence-electron chi connectivity index (χ0n) is 9.84. The van der Waals surface area contributed by atoms with Gasteiger partial charge in [-0.3, -0.25) is 4.79 Å². The van der Waals surface area contributed by atoms with Gasteiger partial charge in [0.1, 0.15) is 0 Å². The highest BCUT2D eigenvalue weighted by molar-refractivity contribution is 6.17. The highest BCUT2D eigenvalue weighted by Crippen LogP contribution is 2.26. The van der Waals surface area contributed by atoms with Gasteiger partial charge in [0, 0.05) is 24.4 Å². The SMILES string of the molecule is CCC1CCC(C)N1C(=O)CCCCCl. The van der Waals surface area contributed by atoms with Crippen LogP contribution in [0.4, 0.5) is 0 Å². The molecule has 1 fully saturated rings. The van der Waals surface area contributed by atoms with Crippen LogP contribution in [0.2, 0.25) is 0 Å². The average molecular weight is 232 g/mol. The number of carbonyl (C=O) groups is 1. The first-order chi connectivity index (χ1) is 7.20. The Labute approximate surface area is 98.0 Å². The number of nitrogens with zero attached hydrogens (tertiary/aromatic N) is 1. The van der Waals surface area contributed by atoms with Crippen LogP contribution in [0.1, 0.15) is 52.4 Å². The molecule has 0 spiro atoms. The number of rotatable bonds is 5. The van der Waals surface area contributed by atoms with Crippen molar-refractivity contribution in [2.75, 3.05) is 5.88 Å². The first kappa shape index (κ1) is 12.8. The molecule has 0 saturated carbocycles. The van der Waals surface area contributed by atoms with E-state index in [-0.39, 0.29) is 0 Å². The molecule has 1 aliphatic heterocycles. The lowest BCUT2D eigenvalue weighted by Crippen LogP contribution is -2.39. The molecular formula is C12H22ClNO. The topological polar surface area (TPSA) is 20.3 Å². The minimum atomic E-state index is 0.331. The number of amides is 1. The van der Waals surface area contributed by atoms with Crippen LogP contribution in [-0.4, -0.2) is 28.8 Å². The molecule has 0 bridgehead atoms. The van der Waals surface area contributed by atoms with Crippen molar-refractivity contribution in [3.8, 4) is 0 Å². The molecule has 1 rings (SSSR count). The predicted molar refractivity (Wildman–Crippen MR) is 64.2 cm³/mol. The number of hydrogen-bond acceptors (Lipinski definition) is 1. The monoisotopic (exact) mass is 231 g/mol. The minimum absolute atomic E-state index is 0.331. The smallest absolute Gasteiger partial charge is 0.223 e. The fourth-order valence-electron chi connectivity index (χ4n) is 2.42. The molecule has 0 aromatic heterocycles. The molecule has 1 aliphatic rings. The fourth-order valence-corrected chi connectivity index (χ4v) is 2.61. The standard InChI is InChI=1S/C12H22ClNO/c1-3-11-8-7-10(2)14(11)12(15)6-4-5-9-13/h10-11H,3-9H2,1-2H3. The second kappa shape index (κ2) is 6.37. The van der Waals surface area contributed by atoms with E-state index >= 15 is 0 Å². The van der Waals surface area contributed by atoms with Crippen molar-refractivity contribution in [1.29, 1.82) is 0 Å². The van der Waals surface area contributed by atoms with E-state index in [2.05, 4.69) is 18.7 Å². The van der Waals surface area contributed by atoms with Gasteiger partial charge in [-0.1, -0.05) is 6.92 Å². The van der Waals surface area contributed by atoms with Gasteiger partial charge in [-0.05, 0) is 39.0 Å². The Morgan fingerprint density at radius 3 is 2.73 bits per heavy atom.